The molecule has 1 aromatic carbocycles. The molecule has 1 saturated heterocycles. The summed E-state index contributed by atoms with van der Waals surface area (Å²) in [6.07, 6.45) is 3.91. The third-order valence-electron chi connectivity index (χ3n) is 8.39. The van der Waals surface area contributed by atoms with Gasteiger partial charge in [0.15, 0.2) is 5.96 Å². The second-order valence-corrected chi connectivity index (χ2v) is 12.9. The van der Waals surface area contributed by atoms with Crippen LogP contribution in [-0.4, -0.2) is 109 Å². The number of nitrogens with one attached hydrogen (secondary N) is 7. The minimum atomic E-state index is -1.59. The van der Waals surface area contributed by atoms with E-state index < -0.39 is 72.6 Å². The van der Waals surface area contributed by atoms with E-state index in [9.17, 15) is 43.5 Å². The standard InChI is InChI=1S/C36H54N10O9/c1-2-28(47)39-17-9-4-7-16-29(48)40-18-10-8-14-25-33(53)44-24(15-11-19-41-36(37)38)32(52)42-22-30(49)43-27(21-31(50)51)35(55)46-26(34(54)45-25)20-23-12-5-3-6-13-23/h2-3,5-6,12-13,24-27H,1,4,7-11,14-22H2,(H,39,47)(H,40,48)(H,42,52)(H,43,49)(H,44,53)(H,45,54)(H,46,55)(H,50,51)(H4,37,38,41)/t24-,25-,26+,27-/m0/s1. The van der Waals surface area contributed by atoms with Crippen molar-refractivity contribution in [3.63, 3.8) is 0 Å². The number of carboxylic acids is 1. The molecule has 12 N–H and O–H groups in total. The molecule has 302 valence electrons. The number of nitrogens with zero attached hydrogens (tertiary/aromatic N) is 1. The molecule has 55 heavy (non-hydrogen) atoms. The van der Waals surface area contributed by atoms with Crippen LogP contribution < -0.4 is 48.7 Å². The topological polar surface area (TPSA) is 305 Å². The summed E-state index contributed by atoms with van der Waals surface area (Å²) in [5.41, 5.74) is 11.4. The zero-order valence-electron chi connectivity index (χ0n) is 30.9. The Morgan fingerprint density at radius 3 is 2.04 bits per heavy atom. The number of amides is 7. The summed E-state index contributed by atoms with van der Waals surface area (Å²) >= 11 is 0. The Kier molecular flexibility index (Phi) is 20.6. The van der Waals surface area contributed by atoms with Crippen LogP contribution in [0.1, 0.15) is 69.8 Å². The maximum atomic E-state index is 13.9. The molecule has 1 aliphatic heterocycles. The Hall–Kier alpha value is -6.01. The summed E-state index contributed by atoms with van der Waals surface area (Å²) in [5, 5.41) is 27.5. The number of aliphatic imine (C=N–C) groups is 1. The highest BCUT2D eigenvalue weighted by atomic mass is 16.4. The Bertz CT molecular complexity index is 1520. The number of hydrogen-bond acceptors (Lipinski definition) is 9. The number of carbonyl (C=O) groups excluding carboxylic acids is 7. The number of hydrogen-bond donors (Lipinski definition) is 10. The van der Waals surface area contributed by atoms with Crippen molar-refractivity contribution in [2.24, 2.45) is 16.5 Å². The van der Waals surface area contributed by atoms with Gasteiger partial charge < -0.3 is 53.8 Å². The zero-order valence-corrected chi connectivity index (χ0v) is 30.9. The number of benzene rings is 1. The monoisotopic (exact) mass is 770 g/mol. The molecule has 7 amide bonds. The third kappa shape index (κ3) is 19.1. The number of rotatable bonds is 20. The Labute approximate surface area is 319 Å². The smallest absolute Gasteiger partial charge is 0.305 e. The lowest BCUT2D eigenvalue weighted by atomic mass is 10.0. The van der Waals surface area contributed by atoms with Crippen LogP contribution in [0.15, 0.2) is 48.0 Å². The zero-order chi connectivity index (χ0) is 40.6. The fraction of sp³-hybridized carbons (Fsp3) is 0.528. The maximum Gasteiger partial charge on any atom is 0.305 e. The average molecular weight is 771 g/mol. The van der Waals surface area contributed by atoms with Gasteiger partial charge in [-0.05, 0) is 56.6 Å². The van der Waals surface area contributed by atoms with Crippen LogP contribution in [0.3, 0.4) is 0 Å². The van der Waals surface area contributed by atoms with Crippen LogP contribution in [-0.2, 0) is 44.8 Å². The van der Waals surface area contributed by atoms with Gasteiger partial charge in [-0.1, -0.05) is 43.3 Å². The van der Waals surface area contributed by atoms with Crippen LogP contribution in [0, 0.1) is 0 Å². The molecule has 0 aliphatic carbocycles. The maximum absolute atomic E-state index is 13.9. The van der Waals surface area contributed by atoms with Crippen molar-refractivity contribution in [1.29, 1.82) is 0 Å². The van der Waals surface area contributed by atoms with Crippen LogP contribution in [0.5, 0.6) is 0 Å². The number of unbranched alkanes of at least 4 members (excludes halogenated alkanes) is 3. The van der Waals surface area contributed by atoms with Gasteiger partial charge in [0.1, 0.15) is 24.2 Å². The summed E-state index contributed by atoms with van der Waals surface area (Å²) in [7, 11) is 0. The number of carbonyl (C=O) groups is 8. The molecule has 19 heteroatoms. The van der Waals surface area contributed by atoms with E-state index in [1.165, 1.54) is 6.08 Å². The molecule has 0 unspecified atom stereocenters. The first-order chi connectivity index (χ1) is 26.3. The van der Waals surface area contributed by atoms with Gasteiger partial charge in [0.05, 0.1) is 13.0 Å². The predicted octanol–water partition coefficient (Wildman–Crippen LogP) is -2.02. The molecule has 1 aliphatic rings. The first-order valence-corrected chi connectivity index (χ1v) is 18.2. The van der Waals surface area contributed by atoms with E-state index in [2.05, 4.69) is 48.8 Å². The fourth-order valence-electron chi connectivity index (χ4n) is 5.50. The van der Waals surface area contributed by atoms with Crippen molar-refractivity contribution in [1.82, 2.24) is 37.2 Å². The normalized spacial score (nSPS) is 19.5. The van der Waals surface area contributed by atoms with Gasteiger partial charge in [0.2, 0.25) is 41.4 Å². The Morgan fingerprint density at radius 1 is 0.764 bits per heavy atom. The first kappa shape index (κ1) is 45.1. The van der Waals surface area contributed by atoms with Gasteiger partial charge in [-0.2, -0.15) is 0 Å². The first-order valence-electron chi connectivity index (χ1n) is 18.2. The molecule has 0 spiro atoms. The predicted molar refractivity (Wildman–Crippen MR) is 202 cm³/mol. The molecular weight excluding hydrogens is 716 g/mol. The van der Waals surface area contributed by atoms with Crippen molar-refractivity contribution in [3.8, 4) is 0 Å². The highest BCUT2D eigenvalue weighted by molar-refractivity contribution is 5.98. The Morgan fingerprint density at radius 2 is 1.36 bits per heavy atom. The van der Waals surface area contributed by atoms with E-state index in [1.807, 2.05) is 0 Å². The quantitative estimate of drug-likeness (QED) is 0.0299. The minimum absolute atomic E-state index is 0.0383. The summed E-state index contributed by atoms with van der Waals surface area (Å²) in [6, 6.07) is 3.38. The highest BCUT2D eigenvalue weighted by Crippen LogP contribution is 2.09. The molecule has 2 rings (SSSR count). The largest absolute Gasteiger partial charge is 0.481 e. The molecule has 4 atom stereocenters. The van der Waals surface area contributed by atoms with Crippen molar-refractivity contribution in [3.05, 3.63) is 48.6 Å². The average Bonchev–Trinajstić information content (AvgIpc) is 3.14. The molecule has 1 heterocycles. The van der Waals surface area contributed by atoms with E-state index in [4.69, 9.17) is 11.5 Å². The van der Waals surface area contributed by atoms with Crippen LogP contribution in [0.4, 0.5) is 0 Å². The summed E-state index contributed by atoms with van der Waals surface area (Å²) in [5.74, 6) is -6.03. The van der Waals surface area contributed by atoms with E-state index in [0.29, 0.717) is 50.8 Å². The molecule has 0 bridgehead atoms. The highest BCUT2D eigenvalue weighted by Gasteiger charge is 2.33. The van der Waals surface area contributed by atoms with Gasteiger partial charge in [-0.15, -0.1) is 0 Å². The lowest BCUT2D eigenvalue weighted by Gasteiger charge is -2.26. The molecule has 0 saturated carbocycles. The van der Waals surface area contributed by atoms with E-state index in [1.54, 1.807) is 30.3 Å². The van der Waals surface area contributed by atoms with Crippen LogP contribution >= 0.6 is 0 Å². The summed E-state index contributed by atoms with van der Waals surface area (Å²) in [6.45, 7) is 3.67. The second-order valence-electron chi connectivity index (χ2n) is 12.9. The molecule has 0 aromatic heterocycles. The van der Waals surface area contributed by atoms with Crippen molar-refractivity contribution >= 4 is 53.3 Å². The third-order valence-corrected chi connectivity index (χ3v) is 8.39. The van der Waals surface area contributed by atoms with Gasteiger partial charge in [0, 0.05) is 32.5 Å². The fourth-order valence-corrected chi connectivity index (χ4v) is 5.50. The second kappa shape index (κ2) is 25.1. The van der Waals surface area contributed by atoms with Gasteiger partial charge in [0.25, 0.3) is 0 Å². The lowest BCUT2D eigenvalue weighted by molar-refractivity contribution is -0.141. The summed E-state index contributed by atoms with van der Waals surface area (Å²) < 4.78 is 0. The number of aliphatic carboxylic acids is 1. The summed E-state index contributed by atoms with van der Waals surface area (Å²) in [4.78, 5) is 106. The lowest BCUT2D eigenvalue weighted by Crippen LogP contribution is -2.58. The van der Waals surface area contributed by atoms with Crippen LogP contribution in [0.2, 0.25) is 0 Å². The molecule has 1 fully saturated rings. The van der Waals surface area contributed by atoms with Gasteiger partial charge >= 0.3 is 5.97 Å². The Balaban J connectivity index is 2.24. The molecule has 19 nitrogen and oxygen atoms in total. The number of carboxylic acid groups (broad SMARTS) is 1. The SMILES string of the molecule is C=CC(=O)NCCCCCC(=O)NCCCC[C@@H]1NC(=O)[C@@H](Cc2ccccc2)NC(=O)[C@H](CC(=O)O)NC(=O)CNC(=O)[C@H](CCCN=C(N)N)NC1=O. The van der Waals surface area contributed by atoms with Crippen molar-refractivity contribution in [2.75, 3.05) is 26.2 Å². The van der Waals surface area contributed by atoms with Gasteiger partial charge in [-0.3, -0.25) is 43.3 Å². The van der Waals surface area contributed by atoms with Gasteiger partial charge in [-0.25, -0.2) is 0 Å². The van der Waals surface area contributed by atoms with E-state index in [0.717, 1.165) is 6.42 Å². The van der Waals surface area contributed by atoms with Crippen LogP contribution in [0.25, 0.3) is 0 Å². The van der Waals surface area contributed by atoms with E-state index in [-0.39, 0.29) is 50.0 Å². The van der Waals surface area contributed by atoms with Crippen molar-refractivity contribution in [2.45, 2.75) is 94.8 Å². The minimum Gasteiger partial charge on any atom is -0.481 e. The molecule has 0 radical (unpaired) electrons. The van der Waals surface area contributed by atoms with E-state index >= 15 is 0 Å². The molecule has 1 aromatic rings. The number of nitrogens with two attached hydrogens (primary N) is 2. The van der Waals surface area contributed by atoms with Crippen molar-refractivity contribution < 1.29 is 43.5 Å². The number of guanidine groups is 1. The molecular formula is C36H54N10O9.